The van der Waals surface area contributed by atoms with Crippen molar-refractivity contribution in [1.29, 1.82) is 0 Å². The second-order valence-corrected chi connectivity index (χ2v) is 3.89. The van der Waals surface area contributed by atoms with Crippen LogP contribution in [0.5, 0.6) is 5.75 Å². The second-order valence-electron chi connectivity index (χ2n) is 2.91. The van der Waals surface area contributed by atoms with Crippen molar-refractivity contribution in [3.8, 4) is 5.75 Å². The Balaban J connectivity index is 2.65. The van der Waals surface area contributed by atoms with Gasteiger partial charge in [-0.05, 0) is 17.7 Å². The monoisotopic (exact) mass is 227 g/mol. The lowest BCUT2D eigenvalue weighted by atomic mass is 10.2. The maximum absolute atomic E-state index is 11.1. The summed E-state index contributed by atoms with van der Waals surface area (Å²) in [6.45, 7) is 0.290. The van der Waals surface area contributed by atoms with Gasteiger partial charge < -0.3 is 14.4 Å². The molecule has 0 spiro atoms. The molecular weight excluding hydrogens is 218 g/mol. The van der Waals surface area contributed by atoms with Crippen molar-refractivity contribution in [3.63, 3.8) is 0 Å². The predicted molar refractivity (Wildman–Crippen MR) is 55.5 cm³/mol. The molecule has 0 aliphatic heterocycles. The van der Waals surface area contributed by atoms with Gasteiger partial charge in [-0.15, -0.1) is 0 Å². The minimum Gasteiger partial charge on any atom is -0.493 e. The lowest BCUT2D eigenvalue weighted by Crippen LogP contribution is -2.05. The van der Waals surface area contributed by atoms with Gasteiger partial charge in [-0.3, -0.25) is 0 Å². The van der Waals surface area contributed by atoms with E-state index in [2.05, 4.69) is 0 Å². The van der Waals surface area contributed by atoms with Crippen LogP contribution in [0.2, 0.25) is 0 Å². The Kier molecular flexibility index (Phi) is 2.72. The standard InChI is InChI=1S/C9H9NO4S/c1-13-6-2-5(4-10-12)3-7-8(6)14-9(11)15-7/h2-3,10,12H,4H2,1H3. The zero-order valence-electron chi connectivity index (χ0n) is 7.94. The number of methoxy groups -OCH3 is 1. The van der Waals surface area contributed by atoms with E-state index in [1.165, 1.54) is 7.11 Å². The van der Waals surface area contributed by atoms with Crippen LogP contribution in [-0.2, 0) is 6.54 Å². The number of hydrogen-bond donors (Lipinski definition) is 2. The van der Waals surface area contributed by atoms with E-state index in [1.807, 2.05) is 5.48 Å². The van der Waals surface area contributed by atoms with Crippen LogP contribution in [0.1, 0.15) is 5.56 Å². The first-order valence-electron chi connectivity index (χ1n) is 4.22. The molecule has 0 atom stereocenters. The normalized spacial score (nSPS) is 10.8. The molecule has 80 valence electrons. The van der Waals surface area contributed by atoms with Crippen LogP contribution in [0, 0.1) is 0 Å². The molecule has 0 bridgehead atoms. The van der Waals surface area contributed by atoms with E-state index < -0.39 is 0 Å². The van der Waals surface area contributed by atoms with Crippen LogP contribution in [0.15, 0.2) is 21.3 Å². The molecule has 1 aromatic heterocycles. The fraction of sp³-hybridized carbons (Fsp3) is 0.222. The lowest BCUT2D eigenvalue weighted by molar-refractivity contribution is 0.161. The van der Waals surface area contributed by atoms with Gasteiger partial charge in [0.15, 0.2) is 11.3 Å². The number of rotatable bonds is 3. The molecule has 0 radical (unpaired) electrons. The van der Waals surface area contributed by atoms with Gasteiger partial charge in [0.1, 0.15) is 0 Å². The van der Waals surface area contributed by atoms with Gasteiger partial charge in [0, 0.05) is 6.54 Å². The van der Waals surface area contributed by atoms with Gasteiger partial charge in [-0.2, -0.15) is 0 Å². The molecule has 1 aromatic carbocycles. The van der Waals surface area contributed by atoms with Crippen LogP contribution < -0.4 is 15.2 Å². The van der Waals surface area contributed by atoms with Gasteiger partial charge in [-0.25, -0.2) is 10.3 Å². The van der Waals surface area contributed by atoms with Crippen molar-refractivity contribution in [3.05, 3.63) is 27.4 Å². The maximum atomic E-state index is 11.1. The molecule has 0 fully saturated rings. The highest BCUT2D eigenvalue weighted by Crippen LogP contribution is 2.28. The zero-order chi connectivity index (χ0) is 10.8. The molecule has 0 saturated heterocycles. The molecule has 1 heterocycles. The average molecular weight is 227 g/mol. The average Bonchev–Trinajstić information content (AvgIpc) is 2.57. The summed E-state index contributed by atoms with van der Waals surface area (Å²) in [5, 5.41) is 8.59. The molecule has 0 saturated carbocycles. The van der Waals surface area contributed by atoms with Crippen molar-refractivity contribution in [1.82, 2.24) is 5.48 Å². The summed E-state index contributed by atoms with van der Waals surface area (Å²) >= 11 is 1.01. The molecule has 2 aromatic rings. The summed E-state index contributed by atoms with van der Waals surface area (Å²) in [5.74, 6) is 0.496. The van der Waals surface area contributed by atoms with Crippen molar-refractivity contribution in [2.45, 2.75) is 6.54 Å². The second kappa shape index (κ2) is 4.01. The fourth-order valence-corrected chi connectivity index (χ4v) is 2.10. The Morgan fingerprint density at radius 1 is 1.60 bits per heavy atom. The van der Waals surface area contributed by atoms with E-state index in [9.17, 15) is 4.79 Å². The Morgan fingerprint density at radius 2 is 2.40 bits per heavy atom. The van der Waals surface area contributed by atoms with E-state index in [1.54, 1.807) is 12.1 Å². The largest absolute Gasteiger partial charge is 0.493 e. The Bertz CT molecular complexity index is 530. The van der Waals surface area contributed by atoms with Crippen molar-refractivity contribution >= 4 is 21.6 Å². The van der Waals surface area contributed by atoms with Crippen LogP contribution in [-0.4, -0.2) is 12.3 Å². The summed E-state index contributed by atoms with van der Waals surface area (Å²) in [7, 11) is 1.50. The van der Waals surface area contributed by atoms with E-state index >= 15 is 0 Å². The van der Waals surface area contributed by atoms with Crippen LogP contribution >= 0.6 is 11.3 Å². The molecule has 0 amide bonds. The maximum Gasteiger partial charge on any atom is 0.396 e. The number of fused-ring (bicyclic) bond motifs is 1. The molecule has 6 heteroatoms. The van der Waals surface area contributed by atoms with Crippen molar-refractivity contribution < 1.29 is 14.4 Å². The van der Waals surface area contributed by atoms with Crippen LogP contribution in [0.3, 0.4) is 0 Å². The van der Waals surface area contributed by atoms with E-state index in [4.69, 9.17) is 14.4 Å². The van der Waals surface area contributed by atoms with Gasteiger partial charge in [0.2, 0.25) is 0 Å². The summed E-state index contributed by atoms with van der Waals surface area (Å²) in [4.78, 5) is 10.7. The predicted octanol–water partition coefficient (Wildman–Crippen LogP) is 1.34. The smallest absolute Gasteiger partial charge is 0.396 e. The first-order chi connectivity index (χ1) is 7.24. The van der Waals surface area contributed by atoms with Gasteiger partial charge >= 0.3 is 4.94 Å². The Hall–Kier alpha value is -1.37. The fourth-order valence-electron chi connectivity index (χ4n) is 1.35. The highest BCUT2D eigenvalue weighted by atomic mass is 32.1. The van der Waals surface area contributed by atoms with Crippen molar-refractivity contribution in [2.24, 2.45) is 0 Å². The minimum absolute atomic E-state index is 0.290. The lowest BCUT2D eigenvalue weighted by Gasteiger charge is -2.03. The summed E-state index contributed by atoms with van der Waals surface area (Å²) in [5.41, 5.74) is 3.32. The molecular formula is C9H9NO4S. The minimum atomic E-state index is -0.364. The highest BCUT2D eigenvalue weighted by Gasteiger charge is 2.10. The van der Waals surface area contributed by atoms with E-state index in [0.29, 0.717) is 22.6 Å². The summed E-state index contributed by atoms with van der Waals surface area (Å²) in [6.07, 6.45) is 0. The number of ether oxygens (including phenoxy) is 1. The highest BCUT2D eigenvalue weighted by molar-refractivity contribution is 7.16. The molecule has 2 rings (SSSR count). The van der Waals surface area contributed by atoms with Crippen LogP contribution in [0.25, 0.3) is 10.3 Å². The molecule has 0 aliphatic rings. The summed E-state index contributed by atoms with van der Waals surface area (Å²) < 4.78 is 10.8. The first-order valence-corrected chi connectivity index (χ1v) is 5.03. The van der Waals surface area contributed by atoms with Gasteiger partial charge in [0.05, 0.1) is 11.8 Å². The third-order valence-electron chi connectivity index (χ3n) is 1.96. The van der Waals surface area contributed by atoms with E-state index in [-0.39, 0.29) is 4.94 Å². The zero-order valence-corrected chi connectivity index (χ0v) is 8.76. The topological polar surface area (TPSA) is 71.7 Å². The third-order valence-corrected chi connectivity index (χ3v) is 2.74. The number of nitrogens with one attached hydrogen (secondary N) is 1. The molecule has 15 heavy (non-hydrogen) atoms. The number of benzene rings is 1. The quantitative estimate of drug-likeness (QED) is 0.774. The molecule has 5 nitrogen and oxygen atoms in total. The van der Waals surface area contributed by atoms with Gasteiger partial charge in [0.25, 0.3) is 0 Å². The SMILES string of the molecule is COc1cc(CNO)cc2sc(=O)oc12. The third kappa shape index (κ3) is 1.87. The van der Waals surface area contributed by atoms with E-state index in [0.717, 1.165) is 16.9 Å². The molecule has 0 unspecified atom stereocenters. The van der Waals surface area contributed by atoms with Crippen LogP contribution in [0.4, 0.5) is 0 Å². The number of hydrogen-bond acceptors (Lipinski definition) is 6. The van der Waals surface area contributed by atoms with Gasteiger partial charge in [-0.1, -0.05) is 11.3 Å². The Morgan fingerprint density at radius 3 is 3.07 bits per heavy atom. The first kappa shape index (κ1) is 10.2. The Labute approximate surface area is 88.9 Å². The molecule has 0 aliphatic carbocycles. The molecule has 2 N–H and O–H groups in total. The number of hydroxylamine groups is 1. The van der Waals surface area contributed by atoms with Crippen molar-refractivity contribution in [2.75, 3.05) is 7.11 Å². The summed E-state index contributed by atoms with van der Waals surface area (Å²) in [6, 6.07) is 3.48.